The number of rotatable bonds is 5. The largest absolute Gasteiger partial charge is 0.366 e. The predicted octanol–water partition coefficient (Wildman–Crippen LogP) is 4.21. The predicted molar refractivity (Wildman–Crippen MR) is 106 cm³/mol. The fourth-order valence-electron chi connectivity index (χ4n) is 3.03. The third-order valence-corrected chi connectivity index (χ3v) is 5.15. The second kappa shape index (κ2) is 6.42. The molecule has 26 heavy (non-hydrogen) atoms. The van der Waals surface area contributed by atoms with E-state index in [4.69, 9.17) is 10.7 Å². The maximum atomic E-state index is 11.6. The molecular formula is C19H19N5OS. The van der Waals surface area contributed by atoms with E-state index >= 15 is 0 Å². The van der Waals surface area contributed by atoms with Crippen LogP contribution in [0.4, 0.5) is 10.8 Å². The number of imidazole rings is 1. The van der Waals surface area contributed by atoms with Crippen LogP contribution in [-0.4, -0.2) is 20.9 Å². The Bertz CT molecular complexity index is 1110. The summed E-state index contributed by atoms with van der Waals surface area (Å²) in [6, 6.07) is 9.58. The highest BCUT2D eigenvalue weighted by Gasteiger charge is 2.13. The Morgan fingerprint density at radius 2 is 2.12 bits per heavy atom. The minimum absolute atomic E-state index is 0.438. The number of H-pyrrole nitrogens is 1. The number of benzene rings is 2. The maximum absolute atomic E-state index is 11.6. The van der Waals surface area contributed by atoms with Crippen LogP contribution in [0.1, 0.15) is 29.8 Å². The van der Waals surface area contributed by atoms with Crippen LogP contribution < -0.4 is 11.1 Å². The van der Waals surface area contributed by atoms with Crippen molar-refractivity contribution in [1.29, 1.82) is 0 Å². The van der Waals surface area contributed by atoms with E-state index in [0.717, 1.165) is 44.1 Å². The summed E-state index contributed by atoms with van der Waals surface area (Å²) in [5, 5.41) is 4.15. The van der Waals surface area contributed by atoms with Gasteiger partial charge in [0.25, 0.3) is 0 Å². The first-order valence-corrected chi connectivity index (χ1v) is 9.25. The van der Waals surface area contributed by atoms with Crippen molar-refractivity contribution in [3.63, 3.8) is 0 Å². The molecule has 0 unspecified atom stereocenters. The summed E-state index contributed by atoms with van der Waals surface area (Å²) in [5.41, 5.74) is 10.6. The zero-order valence-electron chi connectivity index (χ0n) is 14.5. The lowest BCUT2D eigenvalue weighted by Crippen LogP contribution is -2.12. The summed E-state index contributed by atoms with van der Waals surface area (Å²) in [5.74, 6) is 0.0562. The molecule has 1 amide bonds. The number of anilines is 2. The third kappa shape index (κ3) is 3.01. The Kier molecular flexibility index (Phi) is 4.08. The molecule has 0 saturated heterocycles. The summed E-state index contributed by atoms with van der Waals surface area (Å²) >= 11 is 1.56. The molecule has 0 aliphatic heterocycles. The molecule has 0 radical (unpaired) electrons. The van der Waals surface area contributed by atoms with Crippen LogP contribution in [-0.2, 0) is 6.42 Å². The van der Waals surface area contributed by atoms with E-state index < -0.39 is 5.91 Å². The van der Waals surface area contributed by atoms with Crippen molar-refractivity contribution in [1.82, 2.24) is 15.0 Å². The summed E-state index contributed by atoms with van der Waals surface area (Å²) in [6.45, 7) is 4.33. The fraction of sp³-hybridized carbons (Fsp3) is 0.211. The van der Waals surface area contributed by atoms with E-state index in [1.807, 2.05) is 18.2 Å². The van der Waals surface area contributed by atoms with E-state index in [9.17, 15) is 4.79 Å². The zero-order chi connectivity index (χ0) is 18.3. The molecule has 0 atom stereocenters. The van der Waals surface area contributed by atoms with Crippen molar-refractivity contribution in [2.45, 2.75) is 20.3 Å². The number of amides is 1. The van der Waals surface area contributed by atoms with Gasteiger partial charge in [-0.05, 0) is 42.2 Å². The Morgan fingerprint density at radius 3 is 2.88 bits per heavy atom. The van der Waals surface area contributed by atoms with Crippen LogP contribution in [0.15, 0.2) is 36.7 Å². The van der Waals surface area contributed by atoms with E-state index in [1.54, 1.807) is 29.8 Å². The number of aromatic nitrogens is 3. The summed E-state index contributed by atoms with van der Waals surface area (Å²) in [4.78, 5) is 23.7. The van der Waals surface area contributed by atoms with Crippen molar-refractivity contribution in [3.8, 4) is 0 Å². The van der Waals surface area contributed by atoms with Crippen molar-refractivity contribution in [2.75, 3.05) is 5.32 Å². The molecule has 0 spiro atoms. The SMILES string of the molecule is CC(C)Cc1ccc(C(N)=O)cc1Nc1nc2c(ccc3[nH]cnc32)s1. The third-order valence-electron chi connectivity index (χ3n) is 4.21. The number of fused-ring (bicyclic) bond motifs is 3. The van der Waals surface area contributed by atoms with Crippen molar-refractivity contribution in [2.24, 2.45) is 11.7 Å². The number of hydrogen-bond acceptors (Lipinski definition) is 5. The average Bonchev–Trinajstić information content (AvgIpc) is 3.21. The van der Waals surface area contributed by atoms with Gasteiger partial charge in [0.15, 0.2) is 5.13 Å². The van der Waals surface area contributed by atoms with E-state index in [1.165, 1.54) is 0 Å². The monoisotopic (exact) mass is 365 g/mol. The number of primary amides is 1. The molecule has 2 heterocycles. The maximum Gasteiger partial charge on any atom is 0.248 e. The van der Waals surface area contributed by atoms with Crippen molar-refractivity contribution < 1.29 is 4.79 Å². The first-order chi connectivity index (χ1) is 12.5. The van der Waals surface area contributed by atoms with Gasteiger partial charge in [0, 0.05) is 11.3 Å². The highest BCUT2D eigenvalue weighted by atomic mass is 32.1. The normalized spacial score (nSPS) is 11.5. The molecule has 4 rings (SSSR count). The minimum Gasteiger partial charge on any atom is -0.366 e. The molecule has 6 nitrogen and oxygen atoms in total. The Labute approximate surface area is 154 Å². The minimum atomic E-state index is -0.438. The molecule has 4 N–H and O–H groups in total. The fourth-order valence-corrected chi connectivity index (χ4v) is 3.91. The van der Waals surface area contributed by atoms with Gasteiger partial charge in [-0.15, -0.1) is 0 Å². The number of nitrogens with zero attached hydrogens (tertiary/aromatic N) is 2. The number of nitrogens with two attached hydrogens (primary N) is 1. The standard InChI is InChI=1S/C19H19N5OS/c1-10(2)7-11-3-4-12(18(20)25)8-14(11)23-19-24-17-15(26-19)6-5-13-16(17)22-9-21-13/h3-6,8-10H,7H2,1-2H3,(H2,20,25)(H,21,22)(H,23,24). The lowest BCUT2D eigenvalue weighted by Gasteiger charge is -2.13. The second-order valence-electron chi connectivity index (χ2n) is 6.69. The zero-order valence-corrected chi connectivity index (χ0v) is 15.4. The number of thiazole rings is 1. The molecule has 0 aliphatic rings. The summed E-state index contributed by atoms with van der Waals surface area (Å²) < 4.78 is 1.06. The van der Waals surface area contributed by atoms with Crippen LogP contribution in [0.5, 0.6) is 0 Å². The number of aromatic amines is 1. The van der Waals surface area contributed by atoms with E-state index in [2.05, 4.69) is 29.1 Å². The molecule has 4 aromatic rings. The first-order valence-electron chi connectivity index (χ1n) is 8.43. The molecule has 0 aliphatic carbocycles. The highest BCUT2D eigenvalue weighted by molar-refractivity contribution is 7.22. The Hall–Kier alpha value is -2.93. The van der Waals surface area contributed by atoms with Crippen molar-refractivity contribution >= 4 is 49.3 Å². The van der Waals surface area contributed by atoms with Crippen LogP contribution in [0, 0.1) is 5.92 Å². The topological polar surface area (TPSA) is 96.7 Å². The lowest BCUT2D eigenvalue weighted by molar-refractivity contribution is 0.100. The van der Waals surface area contributed by atoms with Gasteiger partial charge in [-0.2, -0.15) is 0 Å². The van der Waals surface area contributed by atoms with Gasteiger partial charge in [-0.3, -0.25) is 4.79 Å². The summed E-state index contributed by atoms with van der Waals surface area (Å²) in [6.07, 6.45) is 2.57. The van der Waals surface area contributed by atoms with Gasteiger partial charge in [0.1, 0.15) is 11.0 Å². The number of hydrogen-bond donors (Lipinski definition) is 3. The average molecular weight is 365 g/mol. The molecule has 0 saturated carbocycles. The van der Waals surface area contributed by atoms with Crippen molar-refractivity contribution in [3.05, 3.63) is 47.8 Å². The van der Waals surface area contributed by atoms with Gasteiger partial charge in [-0.1, -0.05) is 31.3 Å². The molecule has 132 valence electrons. The van der Waals surface area contributed by atoms with Gasteiger partial charge in [-0.25, -0.2) is 9.97 Å². The Balaban J connectivity index is 1.76. The molecule has 2 aromatic carbocycles. The second-order valence-corrected chi connectivity index (χ2v) is 7.72. The van der Waals surface area contributed by atoms with Crippen LogP contribution in [0.3, 0.4) is 0 Å². The molecule has 2 aromatic heterocycles. The van der Waals surface area contributed by atoms with Crippen LogP contribution in [0.2, 0.25) is 0 Å². The van der Waals surface area contributed by atoms with E-state index in [-0.39, 0.29) is 0 Å². The highest BCUT2D eigenvalue weighted by Crippen LogP contribution is 2.33. The van der Waals surface area contributed by atoms with Gasteiger partial charge < -0.3 is 16.0 Å². The van der Waals surface area contributed by atoms with Crippen LogP contribution in [0.25, 0.3) is 21.3 Å². The lowest BCUT2D eigenvalue weighted by atomic mass is 9.99. The van der Waals surface area contributed by atoms with E-state index in [0.29, 0.717) is 11.5 Å². The molecular weight excluding hydrogens is 346 g/mol. The number of nitrogens with one attached hydrogen (secondary N) is 2. The quantitative estimate of drug-likeness (QED) is 0.493. The molecule has 0 bridgehead atoms. The number of carbonyl (C=O) groups excluding carboxylic acids is 1. The van der Waals surface area contributed by atoms with Crippen LogP contribution >= 0.6 is 11.3 Å². The van der Waals surface area contributed by atoms with Gasteiger partial charge in [0.05, 0.1) is 16.5 Å². The Morgan fingerprint density at radius 1 is 1.27 bits per heavy atom. The van der Waals surface area contributed by atoms with Gasteiger partial charge in [0.2, 0.25) is 5.91 Å². The molecule has 0 fully saturated rings. The van der Waals surface area contributed by atoms with Gasteiger partial charge >= 0.3 is 0 Å². The first kappa shape index (κ1) is 16.5. The molecule has 7 heteroatoms. The smallest absolute Gasteiger partial charge is 0.248 e. The summed E-state index contributed by atoms with van der Waals surface area (Å²) in [7, 11) is 0. The number of carbonyl (C=O) groups is 1.